The molecule has 28 heavy (non-hydrogen) atoms. The van der Waals surface area contributed by atoms with Crippen LogP contribution in [0.3, 0.4) is 0 Å². The number of nitrogens with one attached hydrogen (secondary N) is 2. The fourth-order valence-electron chi connectivity index (χ4n) is 2.36. The predicted octanol–water partition coefficient (Wildman–Crippen LogP) is 3.97. The zero-order valence-electron chi connectivity index (χ0n) is 17.6. The van der Waals surface area contributed by atoms with Crippen molar-refractivity contribution in [1.82, 2.24) is 10.6 Å². The monoisotopic (exact) mass is 408 g/mol. The van der Waals surface area contributed by atoms with Gasteiger partial charge in [0.05, 0.1) is 11.0 Å². The highest BCUT2D eigenvalue weighted by Gasteiger charge is 2.27. The Balaban J connectivity index is 2.58. The van der Waals surface area contributed by atoms with Gasteiger partial charge in [0, 0.05) is 0 Å². The molecule has 0 bridgehead atoms. The second-order valence-corrected chi connectivity index (χ2v) is 8.59. The molecule has 1 aromatic rings. The fourth-order valence-corrected chi connectivity index (χ4v) is 2.56. The quantitative estimate of drug-likeness (QED) is 0.501. The Morgan fingerprint density at radius 1 is 1.07 bits per heavy atom. The molecule has 0 aromatic heterocycles. The number of hydrogen-bond donors (Lipinski definition) is 2. The zero-order valence-corrected chi connectivity index (χ0v) is 18.4. The van der Waals surface area contributed by atoms with Crippen LogP contribution in [0.4, 0.5) is 4.79 Å². The second kappa shape index (κ2) is 11.0. The van der Waals surface area contributed by atoms with Crippen molar-refractivity contribution in [2.75, 3.05) is 0 Å². The number of carbonyl (C=O) groups excluding carboxylic acids is 2. The first-order valence-corrected chi connectivity index (χ1v) is 9.89. The molecule has 0 saturated heterocycles. The van der Waals surface area contributed by atoms with Crippen LogP contribution in [-0.4, -0.2) is 34.7 Å². The van der Waals surface area contributed by atoms with Crippen LogP contribution in [0, 0.1) is 5.92 Å². The van der Waals surface area contributed by atoms with E-state index >= 15 is 0 Å². The number of benzene rings is 1. The molecule has 2 atom stereocenters. The van der Waals surface area contributed by atoms with Crippen LogP contribution in [0.25, 0.3) is 0 Å². The molecule has 0 heterocycles. The Hall–Kier alpha value is -2.15. The predicted molar refractivity (Wildman–Crippen MR) is 114 cm³/mol. The Morgan fingerprint density at radius 2 is 1.68 bits per heavy atom. The summed E-state index contributed by atoms with van der Waals surface area (Å²) >= 11 is 5.37. The van der Waals surface area contributed by atoms with Gasteiger partial charge in [0.15, 0.2) is 0 Å². The maximum absolute atomic E-state index is 12.5. The first kappa shape index (κ1) is 23.9. The lowest BCUT2D eigenvalue weighted by Gasteiger charge is -2.27. The first-order chi connectivity index (χ1) is 13.0. The molecule has 1 amide bonds. The summed E-state index contributed by atoms with van der Waals surface area (Å²) in [6, 6.07) is 8.34. The number of ether oxygens (including phenoxy) is 2. The number of carbonyl (C=O) groups is 2. The van der Waals surface area contributed by atoms with E-state index in [1.54, 1.807) is 6.92 Å². The van der Waals surface area contributed by atoms with E-state index in [2.05, 4.69) is 10.6 Å². The molecular formula is C21H32N2O4S. The lowest BCUT2D eigenvalue weighted by molar-refractivity contribution is -0.157. The largest absolute Gasteiger partial charge is 0.458 e. The molecule has 1 aromatic carbocycles. The van der Waals surface area contributed by atoms with Crippen LogP contribution in [-0.2, 0) is 20.9 Å². The van der Waals surface area contributed by atoms with Gasteiger partial charge in [-0.05, 0) is 45.6 Å². The summed E-state index contributed by atoms with van der Waals surface area (Å²) in [6.45, 7) is 11.4. The summed E-state index contributed by atoms with van der Waals surface area (Å²) in [4.78, 5) is 24.8. The van der Waals surface area contributed by atoms with E-state index in [0.29, 0.717) is 11.4 Å². The minimum atomic E-state index is -0.583. The Morgan fingerprint density at radius 3 is 2.21 bits per heavy atom. The minimum Gasteiger partial charge on any atom is -0.458 e. The lowest BCUT2D eigenvalue weighted by Crippen LogP contribution is -2.51. The SMILES string of the molecule is CC(C)C[C@H](NC(=S)[C@H](C)NC(=O)OCc1ccccc1)C(=O)OC(C)(C)C. The third kappa shape index (κ3) is 9.69. The Kier molecular flexibility index (Phi) is 9.38. The molecule has 0 fully saturated rings. The van der Waals surface area contributed by atoms with Crippen LogP contribution < -0.4 is 10.6 Å². The number of amides is 1. The molecule has 0 aliphatic heterocycles. The molecule has 6 nitrogen and oxygen atoms in total. The van der Waals surface area contributed by atoms with Gasteiger partial charge in [0.1, 0.15) is 18.2 Å². The van der Waals surface area contributed by atoms with E-state index in [1.165, 1.54) is 0 Å². The fraction of sp³-hybridized carbons (Fsp3) is 0.571. The van der Waals surface area contributed by atoms with Crippen molar-refractivity contribution in [1.29, 1.82) is 0 Å². The highest BCUT2D eigenvalue weighted by atomic mass is 32.1. The van der Waals surface area contributed by atoms with E-state index in [-0.39, 0.29) is 18.5 Å². The maximum Gasteiger partial charge on any atom is 0.408 e. The molecule has 0 radical (unpaired) electrons. The average Bonchev–Trinajstić information content (AvgIpc) is 2.58. The first-order valence-electron chi connectivity index (χ1n) is 9.48. The second-order valence-electron chi connectivity index (χ2n) is 8.15. The smallest absolute Gasteiger partial charge is 0.408 e. The van der Waals surface area contributed by atoms with Gasteiger partial charge in [-0.3, -0.25) is 0 Å². The molecule has 0 unspecified atom stereocenters. The normalized spacial score (nSPS) is 13.4. The number of hydrogen-bond acceptors (Lipinski definition) is 5. The van der Waals surface area contributed by atoms with Crippen molar-refractivity contribution in [3.63, 3.8) is 0 Å². The van der Waals surface area contributed by atoms with Crippen molar-refractivity contribution < 1.29 is 19.1 Å². The Labute approximate surface area is 173 Å². The highest BCUT2D eigenvalue weighted by molar-refractivity contribution is 7.80. The molecule has 1 rings (SSSR count). The van der Waals surface area contributed by atoms with E-state index < -0.39 is 23.8 Å². The van der Waals surface area contributed by atoms with E-state index in [9.17, 15) is 9.59 Å². The van der Waals surface area contributed by atoms with Crippen LogP contribution in [0.2, 0.25) is 0 Å². The average molecular weight is 409 g/mol. The topological polar surface area (TPSA) is 76.7 Å². The van der Waals surface area contributed by atoms with E-state index in [4.69, 9.17) is 21.7 Å². The van der Waals surface area contributed by atoms with Crippen LogP contribution >= 0.6 is 12.2 Å². The van der Waals surface area contributed by atoms with Crippen molar-refractivity contribution in [2.45, 2.75) is 72.3 Å². The molecule has 0 aliphatic carbocycles. The molecule has 0 saturated carbocycles. The summed E-state index contributed by atoms with van der Waals surface area (Å²) in [5.74, 6) is -0.0886. The van der Waals surface area contributed by atoms with Gasteiger partial charge in [-0.2, -0.15) is 0 Å². The molecule has 0 aliphatic rings. The molecule has 2 N–H and O–H groups in total. The summed E-state index contributed by atoms with van der Waals surface area (Å²) in [5.41, 5.74) is 0.314. The summed E-state index contributed by atoms with van der Waals surface area (Å²) in [5, 5.41) is 5.72. The number of alkyl carbamates (subject to hydrolysis) is 1. The Bertz CT molecular complexity index is 656. The molecule has 7 heteroatoms. The minimum absolute atomic E-state index is 0.174. The summed E-state index contributed by atoms with van der Waals surface area (Å²) in [6.07, 6.45) is -0.00146. The van der Waals surface area contributed by atoms with Crippen LogP contribution in [0.15, 0.2) is 30.3 Å². The van der Waals surface area contributed by atoms with Gasteiger partial charge in [-0.25, -0.2) is 9.59 Å². The lowest BCUT2D eigenvalue weighted by atomic mass is 10.0. The van der Waals surface area contributed by atoms with E-state index in [0.717, 1.165) is 5.56 Å². The van der Waals surface area contributed by atoms with Crippen LogP contribution in [0.1, 0.15) is 53.5 Å². The third-order valence-electron chi connectivity index (χ3n) is 3.66. The van der Waals surface area contributed by atoms with Gasteiger partial charge in [0.25, 0.3) is 0 Å². The highest BCUT2D eigenvalue weighted by Crippen LogP contribution is 2.13. The van der Waals surface area contributed by atoms with Crippen molar-refractivity contribution >= 4 is 29.3 Å². The van der Waals surface area contributed by atoms with Crippen molar-refractivity contribution in [3.05, 3.63) is 35.9 Å². The van der Waals surface area contributed by atoms with Crippen molar-refractivity contribution in [2.24, 2.45) is 5.92 Å². The third-order valence-corrected chi connectivity index (χ3v) is 4.13. The summed E-state index contributed by atoms with van der Waals surface area (Å²) in [7, 11) is 0. The van der Waals surface area contributed by atoms with Gasteiger partial charge in [-0.15, -0.1) is 0 Å². The number of rotatable bonds is 8. The number of esters is 1. The van der Waals surface area contributed by atoms with Gasteiger partial charge < -0.3 is 20.1 Å². The van der Waals surface area contributed by atoms with E-state index in [1.807, 2.05) is 65.0 Å². The maximum atomic E-state index is 12.5. The van der Waals surface area contributed by atoms with Crippen molar-refractivity contribution in [3.8, 4) is 0 Å². The molecular weight excluding hydrogens is 376 g/mol. The van der Waals surface area contributed by atoms with Gasteiger partial charge >= 0.3 is 12.1 Å². The van der Waals surface area contributed by atoms with Gasteiger partial charge in [0.2, 0.25) is 0 Å². The molecule has 156 valence electrons. The van der Waals surface area contributed by atoms with Crippen LogP contribution in [0.5, 0.6) is 0 Å². The zero-order chi connectivity index (χ0) is 21.3. The van der Waals surface area contributed by atoms with Gasteiger partial charge in [-0.1, -0.05) is 56.4 Å². The summed E-state index contributed by atoms with van der Waals surface area (Å²) < 4.78 is 10.7. The molecule has 0 spiro atoms. The number of thiocarbonyl (C=S) groups is 1. The standard InChI is InChI=1S/C21H32N2O4S/c1-14(2)12-17(19(24)27-21(4,5)6)23-18(28)15(3)22-20(25)26-13-16-10-8-7-9-11-16/h7-11,14-15,17H,12-13H2,1-6H3,(H,22,25)(H,23,28)/t15-,17-/m0/s1.